The van der Waals surface area contributed by atoms with Crippen LogP contribution in [0.4, 0.5) is 0 Å². The molecule has 118 valence electrons. The number of amidine groups is 1. The third kappa shape index (κ3) is 3.21. The zero-order chi connectivity index (χ0) is 16.3. The molecule has 1 aliphatic heterocycles. The fourth-order valence-electron chi connectivity index (χ4n) is 2.60. The largest absolute Gasteiger partial charge is 0.466 e. The smallest absolute Gasteiger partial charge is 0.337 e. The average Bonchev–Trinajstić information content (AvgIpc) is 2.53. The van der Waals surface area contributed by atoms with E-state index >= 15 is 0 Å². The van der Waals surface area contributed by atoms with Crippen molar-refractivity contribution in [2.24, 2.45) is 10.9 Å². The van der Waals surface area contributed by atoms with Crippen molar-refractivity contribution >= 4 is 11.8 Å². The Kier molecular flexibility index (Phi) is 5.01. The lowest BCUT2D eigenvalue weighted by Crippen LogP contribution is -2.38. The second kappa shape index (κ2) is 6.77. The molecular weight excluding hydrogens is 276 g/mol. The minimum absolute atomic E-state index is 0.181. The van der Waals surface area contributed by atoms with Crippen molar-refractivity contribution in [3.8, 4) is 0 Å². The van der Waals surface area contributed by atoms with Gasteiger partial charge in [0, 0.05) is 11.3 Å². The number of ether oxygens (including phenoxy) is 1. The van der Waals surface area contributed by atoms with Crippen LogP contribution in [0.25, 0.3) is 0 Å². The molecule has 4 nitrogen and oxygen atoms in total. The van der Waals surface area contributed by atoms with Gasteiger partial charge >= 0.3 is 5.97 Å². The number of allylic oxidation sites excluding steroid dienone is 1. The quantitative estimate of drug-likeness (QED) is 0.869. The van der Waals surface area contributed by atoms with Gasteiger partial charge in [-0.1, -0.05) is 50.6 Å². The standard InChI is InChI=1S/C18H24N2O2/c1-6-14-15(18(21)22-5)16(11(2)3)20-17(19-14)13-9-7-12(4)8-10-13/h7-11,16H,6H2,1-5H3,(H,19,20). The first kappa shape index (κ1) is 16.3. The minimum atomic E-state index is -0.297. The second-order valence-corrected chi connectivity index (χ2v) is 5.89. The number of carbonyl (C=O) groups excluding carboxylic acids is 1. The molecular formula is C18H24N2O2. The second-order valence-electron chi connectivity index (χ2n) is 5.89. The Bertz CT molecular complexity index is 612. The van der Waals surface area contributed by atoms with E-state index in [9.17, 15) is 4.79 Å². The third-order valence-corrected chi connectivity index (χ3v) is 3.87. The molecule has 1 atom stereocenters. The van der Waals surface area contributed by atoms with Crippen LogP contribution in [-0.2, 0) is 9.53 Å². The van der Waals surface area contributed by atoms with Gasteiger partial charge in [0.25, 0.3) is 0 Å². The van der Waals surface area contributed by atoms with E-state index in [4.69, 9.17) is 9.73 Å². The van der Waals surface area contributed by atoms with E-state index in [1.165, 1.54) is 12.7 Å². The maximum Gasteiger partial charge on any atom is 0.337 e. The molecule has 0 amide bonds. The van der Waals surface area contributed by atoms with Gasteiger partial charge in [0.15, 0.2) is 0 Å². The van der Waals surface area contributed by atoms with Crippen LogP contribution in [-0.4, -0.2) is 25.0 Å². The van der Waals surface area contributed by atoms with E-state index in [0.717, 1.165) is 23.5 Å². The molecule has 0 saturated carbocycles. The Labute approximate surface area is 132 Å². The number of aryl methyl sites for hydroxylation is 1. The summed E-state index contributed by atoms with van der Waals surface area (Å²) in [6, 6.07) is 8.05. The van der Waals surface area contributed by atoms with Crippen LogP contribution in [0.3, 0.4) is 0 Å². The number of esters is 1. The monoisotopic (exact) mass is 300 g/mol. The van der Waals surface area contributed by atoms with Gasteiger partial charge in [-0.2, -0.15) is 0 Å². The molecule has 1 aliphatic rings. The first-order valence-corrected chi connectivity index (χ1v) is 7.71. The summed E-state index contributed by atoms with van der Waals surface area (Å²) in [6.45, 7) is 8.23. The predicted molar refractivity (Wildman–Crippen MR) is 88.8 cm³/mol. The van der Waals surface area contributed by atoms with Gasteiger partial charge in [0.05, 0.1) is 18.7 Å². The van der Waals surface area contributed by atoms with Crippen molar-refractivity contribution in [2.75, 3.05) is 7.11 Å². The number of benzene rings is 1. The van der Waals surface area contributed by atoms with E-state index < -0.39 is 0 Å². The molecule has 0 spiro atoms. The molecule has 0 aliphatic carbocycles. The maximum atomic E-state index is 12.1. The SMILES string of the molecule is CCC1=C(C(=O)OC)C(C(C)C)N=C(c2ccc(C)cc2)N1. The van der Waals surface area contributed by atoms with Gasteiger partial charge in [-0.15, -0.1) is 0 Å². The summed E-state index contributed by atoms with van der Waals surface area (Å²) in [5.41, 5.74) is 3.79. The van der Waals surface area contributed by atoms with Gasteiger partial charge in [-0.3, -0.25) is 4.99 Å². The summed E-state index contributed by atoms with van der Waals surface area (Å²) in [4.78, 5) is 16.9. The molecule has 0 fully saturated rings. The van der Waals surface area contributed by atoms with Crippen LogP contribution < -0.4 is 5.32 Å². The zero-order valence-electron chi connectivity index (χ0n) is 13.9. The van der Waals surface area contributed by atoms with E-state index in [-0.39, 0.29) is 17.9 Å². The molecule has 0 aromatic heterocycles. The summed E-state index contributed by atoms with van der Waals surface area (Å²) in [5.74, 6) is 0.746. The number of carbonyl (C=O) groups is 1. The van der Waals surface area contributed by atoms with Crippen LogP contribution in [0.1, 0.15) is 38.3 Å². The van der Waals surface area contributed by atoms with Gasteiger partial charge in [-0.25, -0.2) is 4.79 Å². The molecule has 1 heterocycles. The van der Waals surface area contributed by atoms with Gasteiger partial charge < -0.3 is 10.1 Å². The van der Waals surface area contributed by atoms with E-state index in [0.29, 0.717) is 5.57 Å². The topological polar surface area (TPSA) is 50.7 Å². The third-order valence-electron chi connectivity index (χ3n) is 3.87. The Balaban J connectivity index is 2.45. The number of nitrogens with zero attached hydrogens (tertiary/aromatic N) is 1. The number of nitrogens with one attached hydrogen (secondary N) is 1. The van der Waals surface area contributed by atoms with E-state index in [2.05, 4.69) is 50.4 Å². The molecule has 0 bridgehead atoms. The number of hydrogen-bond acceptors (Lipinski definition) is 4. The van der Waals surface area contributed by atoms with Crippen LogP contribution in [0.15, 0.2) is 40.5 Å². The number of aliphatic imine (C=N–C) groups is 1. The Hall–Kier alpha value is -2.10. The molecule has 1 aromatic rings. The van der Waals surface area contributed by atoms with Crippen LogP contribution in [0.2, 0.25) is 0 Å². The minimum Gasteiger partial charge on any atom is -0.466 e. The van der Waals surface area contributed by atoms with Crippen molar-refractivity contribution < 1.29 is 9.53 Å². The summed E-state index contributed by atoms with van der Waals surface area (Å²) in [7, 11) is 1.42. The highest BCUT2D eigenvalue weighted by molar-refractivity contribution is 6.03. The molecule has 1 N–H and O–H groups in total. The number of methoxy groups -OCH3 is 1. The molecule has 1 aromatic carbocycles. The average molecular weight is 300 g/mol. The first-order chi connectivity index (χ1) is 10.5. The van der Waals surface area contributed by atoms with Crippen molar-refractivity contribution in [2.45, 2.75) is 40.2 Å². The lowest BCUT2D eigenvalue weighted by Gasteiger charge is -2.29. The van der Waals surface area contributed by atoms with E-state index in [1.807, 2.05) is 6.92 Å². The molecule has 2 rings (SSSR count). The Morgan fingerprint density at radius 3 is 2.45 bits per heavy atom. The molecule has 1 unspecified atom stereocenters. The van der Waals surface area contributed by atoms with Crippen LogP contribution in [0, 0.1) is 12.8 Å². The van der Waals surface area contributed by atoms with Gasteiger partial charge in [0.1, 0.15) is 5.84 Å². The lowest BCUT2D eigenvalue weighted by atomic mass is 9.92. The highest BCUT2D eigenvalue weighted by atomic mass is 16.5. The Morgan fingerprint density at radius 2 is 1.95 bits per heavy atom. The molecule has 0 radical (unpaired) electrons. The maximum absolute atomic E-state index is 12.1. The highest BCUT2D eigenvalue weighted by Crippen LogP contribution is 2.26. The first-order valence-electron chi connectivity index (χ1n) is 7.71. The Morgan fingerprint density at radius 1 is 1.32 bits per heavy atom. The summed E-state index contributed by atoms with van der Waals surface area (Å²) in [5, 5.41) is 3.32. The number of rotatable bonds is 4. The van der Waals surface area contributed by atoms with Crippen molar-refractivity contribution in [1.82, 2.24) is 5.32 Å². The predicted octanol–water partition coefficient (Wildman–Crippen LogP) is 3.21. The van der Waals surface area contributed by atoms with Gasteiger partial charge in [0.2, 0.25) is 0 Å². The van der Waals surface area contributed by atoms with Crippen LogP contribution >= 0.6 is 0 Å². The van der Waals surface area contributed by atoms with Gasteiger partial charge in [-0.05, 0) is 19.3 Å². The van der Waals surface area contributed by atoms with Crippen molar-refractivity contribution in [3.63, 3.8) is 0 Å². The number of hydrogen-bond donors (Lipinski definition) is 1. The molecule has 22 heavy (non-hydrogen) atoms. The molecule has 4 heteroatoms. The van der Waals surface area contributed by atoms with Crippen LogP contribution in [0.5, 0.6) is 0 Å². The normalized spacial score (nSPS) is 18.1. The van der Waals surface area contributed by atoms with Crippen molar-refractivity contribution in [3.05, 3.63) is 46.7 Å². The summed E-state index contributed by atoms with van der Waals surface area (Å²) in [6.07, 6.45) is 0.735. The summed E-state index contributed by atoms with van der Waals surface area (Å²) < 4.78 is 4.95. The molecule has 0 saturated heterocycles. The lowest BCUT2D eigenvalue weighted by molar-refractivity contribution is -0.136. The highest BCUT2D eigenvalue weighted by Gasteiger charge is 2.31. The summed E-state index contributed by atoms with van der Waals surface area (Å²) >= 11 is 0. The zero-order valence-corrected chi connectivity index (χ0v) is 13.9. The van der Waals surface area contributed by atoms with E-state index in [1.54, 1.807) is 0 Å². The fourth-order valence-corrected chi connectivity index (χ4v) is 2.60. The van der Waals surface area contributed by atoms with Crippen molar-refractivity contribution in [1.29, 1.82) is 0 Å². The fraction of sp³-hybridized carbons (Fsp3) is 0.444.